The average Bonchev–Trinajstić information content (AvgIpc) is 2.39. The second kappa shape index (κ2) is 7.06. The molecule has 1 aromatic carbocycles. The number of hydrogen-bond acceptors (Lipinski definition) is 2. The first-order valence-electron chi connectivity index (χ1n) is 6.33. The monoisotopic (exact) mass is 327 g/mol. The standard InChI is InChI=1S/C15H22BrNO2/c1-15(2,12-8-6-5-7-9-12)14(18)17(3)10-13(16)11-19-4/h5-9,13H,10-11H2,1-4H3. The number of nitrogens with zero attached hydrogens (tertiary/aromatic N) is 1. The fraction of sp³-hybridized carbons (Fsp3) is 0.533. The molecule has 1 aromatic rings. The van der Waals surface area contributed by atoms with Crippen LogP contribution < -0.4 is 0 Å². The highest BCUT2D eigenvalue weighted by Crippen LogP contribution is 2.25. The van der Waals surface area contributed by atoms with Crippen molar-refractivity contribution in [2.75, 3.05) is 27.3 Å². The van der Waals surface area contributed by atoms with Crippen LogP contribution in [-0.2, 0) is 14.9 Å². The normalized spacial score (nSPS) is 13.1. The van der Waals surface area contributed by atoms with Gasteiger partial charge in [0.05, 0.1) is 16.8 Å². The fourth-order valence-electron chi connectivity index (χ4n) is 2.07. The Morgan fingerprint density at radius 2 is 1.95 bits per heavy atom. The van der Waals surface area contributed by atoms with Crippen LogP contribution in [0.5, 0.6) is 0 Å². The molecule has 1 amide bonds. The summed E-state index contributed by atoms with van der Waals surface area (Å²) >= 11 is 3.51. The summed E-state index contributed by atoms with van der Waals surface area (Å²) in [5.41, 5.74) is 0.514. The Balaban J connectivity index is 2.75. The van der Waals surface area contributed by atoms with Crippen molar-refractivity contribution >= 4 is 21.8 Å². The van der Waals surface area contributed by atoms with E-state index in [1.807, 2.05) is 51.2 Å². The van der Waals surface area contributed by atoms with Gasteiger partial charge in [-0.3, -0.25) is 4.79 Å². The van der Waals surface area contributed by atoms with E-state index in [0.29, 0.717) is 13.2 Å². The summed E-state index contributed by atoms with van der Waals surface area (Å²) < 4.78 is 5.07. The van der Waals surface area contributed by atoms with Crippen LogP contribution in [0.3, 0.4) is 0 Å². The SMILES string of the molecule is COCC(Br)CN(C)C(=O)C(C)(C)c1ccccc1. The summed E-state index contributed by atoms with van der Waals surface area (Å²) in [7, 11) is 3.49. The number of amides is 1. The number of rotatable bonds is 6. The van der Waals surface area contributed by atoms with Gasteiger partial charge in [0.1, 0.15) is 0 Å². The molecule has 0 aliphatic carbocycles. The van der Waals surface area contributed by atoms with Crippen molar-refractivity contribution in [2.45, 2.75) is 24.1 Å². The highest BCUT2D eigenvalue weighted by Gasteiger charge is 2.32. The molecule has 0 saturated carbocycles. The summed E-state index contributed by atoms with van der Waals surface area (Å²) in [6.07, 6.45) is 0. The van der Waals surface area contributed by atoms with E-state index in [4.69, 9.17) is 4.74 Å². The maximum absolute atomic E-state index is 12.6. The van der Waals surface area contributed by atoms with Gasteiger partial charge < -0.3 is 9.64 Å². The predicted molar refractivity (Wildman–Crippen MR) is 81.7 cm³/mol. The lowest BCUT2D eigenvalue weighted by atomic mass is 9.83. The molecule has 0 fully saturated rings. The number of carbonyl (C=O) groups is 1. The topological polar surface area (TPSA) is 29.5 Å². The first-order chi connectivity index (χ1) is 8.89. The Labute approximate surface area is 124 Å². The van der Waals surface area contributed by atoms with Gasteiger partial charge in [0.25, 0.3) is 0 Å². The molecule has 0 radical (unpaired) electrons. The Morgan fingerprint density at radius 1 is 1.37 bits per heavy atom. The number of carbonyl (C=O) groups excluding carboxylic acids is 1. The van der Waals surface area contributed by atoms with Crippen molar-refractivity contribution in [3.63, 3.8) is 0 Å². The van der Waals surface area contributed by atoms with Crippen molar-refractivity contribution in [2.24, 2.45) is 0 Å². The molecular weight excluding hydrogens is 306 g/mol. The third kappa shape index (κ3) is 4.32. The van der Waals surface area contributed by atoms with E-state index < -0.39 is 5.41 Å². The lowest BCUT2D eigenvalue weighted by molar-refractivity contribution is -0.135. The molecule has 0 spiro atoms. The quantitative estimate of drug-likeness (QED) is 0.752. The lowest BCUT2D eigenvalue weighted by Crippen LogP contribution is -2.44. The van der Waals surface area contributed by atoms with Gasteiger partial charge in [-0.1, -0.05) is 46.3 Å². The zero-order valence-corrected chi connectivity index (χ0v) is 13.6. The summed E-state index contributed by atoms with van der Waals surface area (Å²) in [5, 5.41) is 0. The predicted octanol–water partition coefficient (Wildman–Crippen LogP) is 2.83. The van der Waals surface area contributed by atoms with Gasteiger partial charge in [0.2, 0.25) is 5.91 Å². The highest BCUT2D eigenvalue weighted by atomic mass is 79.9. The lowest BCUT2D eigenvalue weighted by Gasteiger charge is -2.31. The van der Waals surface area contributed by atoms with Crippen LogP contribution in [0, 0.1) is 0 Å². The number of ether oxygens (including phenoxy) is 1. The first kappa shape index (κ1) is 16.2. The second-order valence-electron chi connectivity index (χ2n) is 5.23. The Morgan fingerprint density at radius 3 is 2.47 bits per heavy atom. The summed E-state index contributed by atoms with van der Waals surface area (Å²) in [5.74, 6) is 0.110. The molecule has 0 heterocycles. The molecule has 1 atom stereocenters. The Hall–Kier alpha value is -0.870. The van der Waals surface area contributed by atoms with E-state index >= 15 is 0 Å². The van der Waals surface area contributed by atoms with E-state index in [1.54, 1.807) is 12.0 Å². The maximum atomic E-state index is 12.6. The minimum absolute atomic E-state index is 0.110. The third-order valence-corrected chi connectivity index (χ3v) is 3.75. The van der Waals surface area contributed by atoms with E-state index in [2.05, 4.69) is 15.9 Å². The molecule has 0 aromatic heterocycles. The molecule has 3 nitrogen and oxygen atoms in total. The van der Waals surface area contributed by atoms with E-state index in [0.717, 1.165) is 5.56 Å². The van der Waals surface area contributed by atoms with Gasteiger partial charge in [0.15, 0.2) is 0 Å². The molecule has 4 heteroatoms. The molecule has 0 aliphatic heterocycles. The van der Waals surface area contributed by atoms with Crippen LogP contribution in [0.4, 0.5) is 0 Å². The second-order valence-corrected chi connectivity index (χ2v) is 6.52. The van der Waals surface area contributed by atoms with Crippen molar-refractivity contribution in [1.29, 1.82) is 0 Å². The zero-order chi connectivity index (χ0) is 14.5. The number of alkyl halides is 1. The number of benzene rings is 1. The number of hydrogen-bond donors (Lipinski definition) is 0. The molecule has 0 aliphatic rings. The van der Waals surface area contributed by atoms with Crippen LogP contribution in [0.25, 0.3) is 0 Å². The van der Waals surface area contributed by atoms with Crippen molar-refractivity contribution in [3.05, 3.63) is 35.9 Å². The van der Waals surface area contributed by atoms with Gasteiger partial charge in [-0.25, -0.2) is 0 Å². The number of likely N-dealkylation sites (N-methyl/N-ethyl adjacent to an activating group) is 1. The van der Waals surface area contributed by atoms with Gasteiger partial charge >= 0.3 is 0 Å². The summed E-state index contributed by atoms with van der Waals surface area (Å²) in [6, 6.07) is 9.87. The Bertz CT molecular complexity index is 406. The molecule has 1 unspecified atom stereocenters. The molecule has 19 heavy (non-hydrogen) atoms. The minimum Gasteiger partial charge on any atom is -0.383 e. The van der Waals surface area contributed by atoms with E-state index in [1.165, 1.54) is 0 Å². The number of halogens is 1. The van der Waals surface area contributed by atoms with Gasteiger partial charge in [0, 0.05) is 20.7 Å². The average molecular weight is 328 g/mol. The molecule has 0 bridgehead atoms. The van der Waals surface area contributed by atoms with Crippen molar-refractivity contribution in [1.82, 2.24) is 4.90 Å². The smallest absolute Gasteiger partial charge is 0.232 e. The molecule has 0 N–H and O–H groups in total. The van der Waals surface area contributed by atoms with Crippen molar-refractivity contribution < 1.29 is 9.53 Å². The first-order valence-corrected chi connectivity index (χ1v) is 7.25. The zero-order valence-electron chi connectivity index (χ0n) is 12.0. The third-order valence-electron chi connectivity index (χ3n) is 3.20. The van der Waals surface area contributed by atoms with Crippen molar-refractivity contribution in [3.8, 4) is 0 Å². The number of methoxy groups -OCH3 is 1. The summed E-state index contributed by atoms with van der Waals surface area (Å²) in [4.78, 5) is 14.5. The van der Waals surface area contributed by atoms with Gasteiger partial charge in [-0.15, -0.1) is 0 Å². The maximum Gasteiger partial charge on any atom is 0.232 e. The van der Waals surface area contributed by atoms with Crippen LogP contribution in [0.1, 0.15) is 19.4 Å². The van der Waals surface area contributed by atoms with E-state index in [-0.39, 0.29) is 10.7 Å². The van der Waals surface area contributed by atoms with Gasteiger partial charge in [-0.2, -0.15) is 0 Å². The molecule has 1 rings (SSSR count). The molecule has 0 saturated heterocycles. The van der Waals surface area contributed by atoms with Gasteiger partial charge in [-0.05, 0) is 19.4 Å². The Kier molecular flexibility index (Phi) is 6.01. The van der Waals surface area contributed by atoms with Crippen LogP contribution in [0.2, 0.25) is 0 Å². The largest absolute Gasteiger partial charge is 0.383 e. The van der Waals surface area contributed by atoms with Crippen LogP contribution >= 0.6 is 15.9 Å². The fourth-order valence-corrected chi connectivity index (χ4v) is 2.77. The van der Waals surface area contributed by atoms with Crippen LogP contribution in [-0.4, -0.2) is 42.9 Å². The van der Waals surface area contributed by atoms with Crippen LogP contribution in [0.15, 0.2) is 30.3 Å². The summed E-state index contributed by atoms with van der Waals surface area (Å²) in [6.45, 7) is 5.13. The van der Waals surface area contributed by atoms with E-state index in [9.17, 15) is 4.79 Å². The minimum atomic E-state index is -0.518. The molecular formula is C15H22BrNO2. The molecule has 106 valence electrons. The highest BCUT2D eigenvalue weighted by molar-refractivity contribution is 9.09.